The second-order valence-corrected chi connectivity index (χ2v) is 5.66. The molecule has 1 aromatic rings. The van der Waals surface area contributed by atoms with Gasteiger partial charge in [-0.15, -0.1) is 24.0 Å². The molecule has 1 aliphatic rings. The summed E-state index contributed by atoms with van der Waals surface area (Å²) in [5.41, 5.74) is 1.57. The molecule has 0 saturated carbocycles. The predicted octanol–water partition coefficient (Wildman–Crippen LogP) is 2.44. The van der Waals surface area contributed by atoms with Crippen molar-refractivity contribution in [3.05, 3.63) is 35.9 Å². The summed E-state index contributed by atoms with van der Waals surface area (Å²) in [6.07, 6.45) is 1.01. The first kappa shape index (κ1) is 18.2. The van der Waals surface area contributed by atoms with E-state index in [-0.39, 0.29) is 29.4 Å². The van der Waals surface area contributed by atoms with Gasteiger partial charge >= 0.3 is 0 Å². The Bertz CT molecular complexity index is 432. The van der Waals surface area contributed by atoms with Crippen LogP contribution in [0.25, 0.3) is 0 Å². The van der Waals surface area contributed by atoms with Crippen molar-refractivity contribution in [2.24, 2.45) is 10.4 Å². The monoisotopic (exact) mass is 403 g/mol. The van der Waals surface area contributed by atoms with E-state index in [9.17, 15) is 0 Å². The molecule has 0 aliphatic carbocycles. The Morgan fingerprint density at radius 3 is 2.52 bits per heavy atom. The Kier molecular flexibility index (Phi) is 8.03. The Balaban J connectivity index is 0.00000220. The zero-order chi connectivity index (χ0) is 14.3. The maximum atomic E-state index is 5.26. The van der Waals surface area contributed by atoms with E-state index < -0.39 is 0 Å². The maximum Gasteiger partial charge on any atom is 0.191 e. The highest BCUT2D eigenvalue weighted by molar-refractivity contribution is 14.0. The van der Waals surface area contributed by atoms with Crippen LogP contribution in [0.4, 0.5) is 0 Å². The molecule has 5 heteroatoms. The minimum absolute atomic E-state index is 0. The lowest BCUT2D eigenvalue weighted by atomic mass is 9.89. The lowest BCUT2D eigenvalue weighted by Crippen LogP contribution is -2.44. The average Bonchev–Trinajstić information content (AvgIpc) is 2.44. The van der Waals surface area contributed by atoms with E-state index in [2.05, 4.69) is 53.7 Å². The summed E-state index contributed by atoms with van der Waals surface area (Å²) < 4.78 is 5.26. The van der Waals surface area contributed by atoms with E-state index in [4.69, 9.17) is 4.74 Å². The first-order valence-electron chi connectivity index (χ1n) is 7.36. The van der Waals surface area contributed by atoms with Crippen LogP contribution in [0.3, 0.4) is 0 Å². The van der Waals surface area contributed by atoms with Gasteiger partial charge in [0.05, 0.1) is 19.8 Å². The quantitative estimate of drug-likeness (QED) is 0.436. The van der Waals surface area contributed by atoms with Gasteiger partial charge in [0.2, 0.25) is 0 Å². The minimum atomic E-state index is 0. The minimum Gasteiger partial charge on any atom is -0.380 e. The predicted molar refractivity (Wildman–Crippen MR) is 98.5 cm³/mol. The molecular weight excluding hydrogens is 377 g/mol. The van der Waals surface area contributed by atoms with Crippen LogP contribution in [0.15, 0.2) is 35.3 Å². The molecule has 118 valence electrons. The summed E-state index contributed by atoms with van der Waals surface area (Å²) in [4.78, 5) is 4.65. The molecule has 0 atom stereocenters. The third kappa shape index (κ3) is 6.22. The lowest BCUT2D eigenvalue weighted by Gasteiger charge is -2.36. The number of hydrogen-bond acceptors (Lipinski definition) is 2. The van der Waals surface area contributed by atoms with Gasteiger partial charge in [-0.2, -0.15) is 0 Å². The van der Waals surface area contributed by atoms with Crippen molar-refractivity contribution in [2.75, 3.05) is 32.8 Å². The van der Waals surface area contributed by atoms with Crippen molar-refractivity contribution in [1.82, 2.24) is 10.6 Å². The number of halogens is 1. The van der Waals surface area contributed by atoms with Gasteiger partial charge in [0.1, 0.15) is 0 Å². The largest absolute Gasteiger partial charge is 0.380 e. The zero-order valence-electron chi connectivity index (χ0n) is 12.9. The van der Waals surface area contributed by atoms with Crippen LogP contribution in [-0.2, 0) is 11.2 Å². The van der Waals surface area contributed by atoms with Gasteiger partial charge in [-0.25, -0.2) is 0 Å². The molecule has 1 aromatic carbocycles. The molecule has 0 radical (unpaired) electrons. The van der Waals surface area contributed by atoms with Crippen molar-refractivity contribution < 1.29 is 4.74 Å². The van der Waals surface area contributed by atoms with Gasteiger partial charge in [0.15, 0.2) is 5.96 Å². The third-order valence-corrected chi connectivity index (χ3v) is 3.41. The fourth-order valence-corrected chi connectivity index (χ4v) is 2.12. The Hall–Kier alpha value is -0.820. The van der Waals surface area contributed by atoms with E-state index in [0.29, 0.717) is 0 Å². The Morgan fingerprint density at radius 1 is 1.24 bits per heavy atom. The molecule has 0 amide bonds. The molecule has 0 aromatic heterocycles. The smallest absolute Gasteiger partial charge is 0.191 e. The van der Waals surface area contributed by atoms with Crippen LogP contribution in [0.2, 0.25) is 0 Å². The molecule has 0 bridgehead atoms. The number of hydrogen-bond donors (Lipinski definition) is 2. The number of nitrogens with zero attached hydrogens (tertiary/aromatic N) is 1. The van der Waals surface area contributed by atoms with Gasteiger partial charge in [-0.1, -0.05) is 37.3 Å². The first-order chi connectivity index (χ1) is 9.72. The van der Waals surface area contributed by atoms with E-state index in [1.807, 2.05) is 6.07 Å². The molecule has 1 fully saturated rings. The number of aliphatic imine (C=N–C) groups is 1. The molecule has 4 nitrogen and oxygen atoms in total. The molecule has 1 aliphatic heterocycles. The molecule has 1 saturated heterocycles. The van der Waals surface area contributed by atoms with Gasteiger partial charge in [0, 0.05) is 18.5 Å². The van der Waals surface area contributed by atoms with E-state index >= 15 is 0 Å². The summed E-state index contributed by atoms with van der Waals surface area (Å²) in [5.74, 6) is 0.900. The number of ether oxygens (including phenoxy) is 1. The molecule has 2 N–H and O–H groups in total. The second-order valence-electron chi connectivity index (χ2n) is 5.66. The number of benzene rings is 1. The molecule has 21 heavy (non-hydrogen) atoms. The standard InChI is InChI=1S/C16H25N3O.HI/c1-3-17-15(19-11-16(2)12-20-13-16)18-10-9-14-7-5-4-6-8-14;/h4-8H,3,9-13H2,1-2H3,(H2,17,18,19);1H. The summed E-state index contributed by atoms with van der Waals surface area (Å²) in [5, 5.41) is 6.68. The highest BCUT2D eigenvalue weighted by Gasteiger charge is 2.33. The van der Waals surface area contributed by atoms with Crippen molar-refractivity contribution in [3.63, 3.8) is 0 Å². The topological polar surface area (TPSA) is 45.7 Å². The summed E-state index contributed by atoms with van der Waals surface area (Å²) in [6, 6.07) is 10.5. The average molecular weight is 403 g/mol. The summed E-state index contributed by atoms with van der Waals surface area (Å²) >= 11 is 0. The Morgan fingerprint density at radius 2 is 1.95 bits per heavy atom. The van der Waals surface area contributed by atoms with E-state index in [1.165, 1.54) is 5.56 Å². The van der Waals surface area contributed by atoms with Crippen LogP contribution in [-0.4, -0.2) is 38.8 Å². The van der Waals surface area contributed by atoms with Gasteiger partial charge in [-0.05, 0) is 18.9 Å². The number of guanidine groups is 1. The van der Waals surface area contributed by atoms with Crippen LogP contribution >= 0.6 is 24.0 Å². The van der Waals surface area contributed by atoms with Crippen molar-refractivity contribution in [2.45, 2.75) is 20.3 Å². The Labute approximate surface area is 144 Å². The molecule has 1 heterocycles. The molecular formula is C16H26IN3O. The first-order valence-corrected chi connectivity index (χ1v) is 7.36. The number of nitrogens with one attached hydrogen (secondary N) is 2. The van der Waals surface area contributed by atoms with Crippen LogP contribution in [0, 0.1) is 5.41 Å². The number of rotatable bonds is 6. The van der Waals surface area contributed by atoms with Crippen LogP contribution in [0.1, 0.15) is 19.4 Å². The van der Waals surface area contributed by atoms with Crippen LogP contribution < -0.4 is 10.6 Å². The van der Waals surface area contributed by atoms with Crippen LogP contribution in [0.5, 0.6) is 0 Å². The van der Waals surface area contributed by atoms with Crippen molar-refractivity contribution in [3.8, 4) is 0 Å². The highest BCUT2D eigenvalue weighted by atomic mass is 127. The fraction of sp³-hybridized carbons (Fsp3) is 0.562. The normalized spacial score (nSPS) is 16.6. The molecule has 0 spiro atoms. The molecule has 2 rings (SSSR count). The van der Waals surface area contributed by atoms with E-state index in [0.717, 1.165) is 45.2 Å². The van der Waals surface area contributed by atoms with E-state index in [1.54, 1.807) is 0 Å². The fourth-order valence-electron chi connectivity index (χ4n) is 2.12. The van der Waals surface area contributed by atoms with Gasteiger partial charge in [-0.3, -0.25) is 4.99 Å². The zero-order valence-corrected chi connectivity index (χ0v) is 15.2. The third-order valence-electron chi connectivity index (χ3n) is 3.41. The SMILES string of the molecule is CCNC(=NCC1(C)COC1)NCCc1ccccc1.I. The van der Waals surface area contributed by atoms with Gasteiger partial charge < -0.3 is 15.4 Å². The summed E-state index contributed by atoms with van der Waals surface area (Å²) in [6.45, 7) is 8.52. The molecule has 0 unspecified atom stereocenters. The van der Waals surface area contributed by atoms with Crippen molar-refractivity contribution >= 4 is 29.9 Å². The van der Waals surface area contributed by atoms with Crippen molar-refractivity contribution in [1.29, 1.82) is 0 Å². The summed E-state index contributed by atoms with van der Waals surface area (Å²) in [7, 11) is 0. The van der Waals surface area contributed by atoms with Gasteiger partial charge in [0.25, 0.3) is 0 Å². The maximum absolute atomic E-state index is 5.26. The highest BCUT2D eigenvalue weighted by Crippen LogP contribution is 2.26. The second kappa shape index (κ2) is 9.25. The lowest BCUT2D eigenvalue weighted by molar-refractivity contribution is -0.0945.